The molecule has 1 N–H and O–H groups in total. The molecule has 2 rings (SSSR count). The summed E-state index contributed by atoms with van der Waals surface area (Å²) in [6.45, 7) is 5.01. The fourth-order valence-corrected chi connectivity index (χ4v) is 2.80. The summed E-state index contributed by atoms with van der Waals surface area (Å²) < 4.78 is 5.42. The molecule has 0 unspecified atom stereocenters. The Kier molecular flexibility index (Phi) is 3.96. The van der Waals surface area contributed by atoms with Crippen LogP contribution in [0, 0.1) is 19.8 Å². The summed E-state index contributed by atoms with van der Waals surface area (Å²) >= 11 is 0. The summed E-state index contributed by atoms with van der Waals surface area (Å²) in [6.07, 6.45) is 0. The molecule has 1 amide bonds. The Morgan fingerprint density at radius 2 is 2.16 bits per heavy atom. The van der Waals surface area contributed by atoms with Gasteiger partial charge in [0.1, 0.15) is 11.5 Å². The number of nitrogens with zero attached hydrogens (tertiary/aromatic N) is 2. The van der Waals surface area contributed by atoms with Crippen LogP contribution in [0.25, 0.3) is 0 Å². The van der Waals surface area contributed by atoms with E-state index in [0.29, 0.717) is 24.4 Å². The molecule has 1 fully saturated rings. The Balaban J connectivity index is 2.15. The number of carbonyl (C=O) groups excluding carboxylic acids is 1. The summed E-state index contributed by atoms with van der Waals surface area (Å²) in [5, 5.41) is 9.43. The number of aliphatic hydroxyl groups excluding tert-OH is 1. The van der Waals surface area contributed by atoms with Crippen LogP contribution in [0.5, 0.6) is 0 Å². The number of rotatable bonds is 3. The predicted octanol–water partition coefficient (Wildman–Crippen LogP) is 0.891. The molecule has 1 aliphatic rings. The van der Waals surface area contributed by atoms with E-state index in [1.165, 1.54) is 0 Å². The number of aryl methyl sites for hydroxylation is 2. The van der Waals surface area contributed by atoms with Gasteiger partial charge in [-0.25, -0.2) is 0 Å². The quantitative estimate of drug-likeness (QED) is 0.883. The lowest BCUT2D eigenvalue weighted by atomic mass is 10.0. The van der Waals surface area contributed by atoms with E-state index in [9.17, 15) is 9.90 Å². The van der Waals surface area contributed by atoms with Crippen molar-refractivity contribution >= 4 is 5.91 Å². The second-order valence-corrected chi connectivity index (χ2v) is 5.51. The van der Waals surface area contributed by atoms with Crippen molar-refractivity contribution < 1.29 is 14.3 Å². The molecular weight excluding hydrogens is 244 g/mol. The molecule has 2 atom stereocenters. The third-order valence-corrected chi connectivity index (χ3v) is 3.86. The molecule has 0 aromatic carbocycles. The maximum absolute atomic E-state index is 12.5. The van der Waals surface area contributed by atoms with Crippen molar-refractivity contribution in [1.82, 2.24) is 9.80 Å². The number of hydrogen-bond acceptors (Lipinski definition) is 4. The number of furan rings is 1. The van der Waals surface area contributed by atoms with E-state index in [0.717, 1.165) is 5.76 Å². The van der Waals surface area contributed by atoms with Gasteiger partial charge in [-0.05, 0) is 34.0 Å². The lowest BCUT2D eigenvalue weighted by molar-refractivity contribution is 0.0777. The number of hydrogen-bond donors (Lipinski definition) is 1. The molecule has 0 aliphatic carbocycles. The maximum Gasteiger partial charge on any atom is 0.257 e. The molecule has 0 radical (unpaired) electrons. The topological polar surface area (TPSA) is 56.9 Å². The maximum atomic E-state index is 12.5. The van der Waals surface area contributed by atoms with Crippen LogP contribution in [0.2, 0.25) is 0 Å². The summed E-state index contributed by atoms with van der Waals surface area (Å²) in [6, 6.07) is 2.00. The zero-order valence-electron chi connectivity index (χ0n) is 12.0. The van der Waals surface area contributed by atoms with Crippen LogP contribution in [0.3, 0.4) is 0 Å². The van der Waals surface area contributed by atoms with Crippen LogP contribution in [0.1, 0.15) is 21.9 Å². The Morgan fingerprint density at radius 3 is 2.58 bits per heavy atom. The first-order valence-corrected chi connectivity index (χ1v) is 6.57. The molecule has 1 saturated heterocycles. The smallest absolute Gasteiger partial charge is 0.257 e. The van der Waals surface area contributed by atoms with Crippen LogP contribution in [0.15, 0.2) is 10.5 Å². The molecule has 19 heavy (non-hydrogen) atoms. The molecule has 2 heterocycles. The number of carbonyl (C=O) groups is 1. The van der Waals surface area contributed by atoms with Crippen LogP contribution in [-0.2, 0) is 0 Å². The molecule has 5 heteroatoms. The van der Waals surface area contributed by atoms with E-state index >= 15 is 0 Å². The van der Waals surface area contributed by atoms with Gasteiger partial charge in [-0.15, -0.1) is 0 Å². The lowest BCUT2D eigenvalue weighted by Crippen LogP contribution is -2.37. The van der Waals surface area contributed by atoms with Gasteiger partial charge in [0.05, 0.1) is 5.56 Å². The van der Waals surface area contributed by atoms with Crippen LogP contribution in [0.4, 0.5) is 0 Å². The Labute approximate surface area is 113 Å². The average Bonchev–Trinajstić information content (AvgIpc) is 2.91. The SMILES string of the molecule is Cc1cc(C(=O)N2C[C@@H](CO)[C@H](N(C)C)C2)c(C)o1. The van der Waals surface area contributed by atoms with Crippen molar-refractivity contribution in [3.63, 3.8) is 0 Å². The van der Waals surface area contributed by atoms with Crippen molar-refractivity contribution in [2.24, 2.45) is 5.92 Å². The molecule has 1 aliphatic heterocycles. The van der Waals surface area contributed by atoms with Gasteiger partial charge in [-0.1, -0.05) is 0 Å². The number of likely N-dealkylation sites (tertiary alicyclic amines) is 1. The van der Waals surface area contributed by atoms with Gasteiger partial charge in [0.15, 0.2) is 0 Å². The highest BCUT2D eigenvalue weighted by molar-refractivity contribution is 5.95. The number of likely N-dealkylation sites (N-methyl/N-ethyl adjacent to an activating group) is 1. The molecular formula is C14H22N2O3. The second kappa shape index (κ2) is 5.35. The van der Waals surface area contributed by atoms with E-state index in [4.69, 9.17) is 4.42 Å². The molecule has 0 bridgehead atoms. The minimum absolute atomic E-state index is 0.00264. The molecule has 106 valence electrons. The first-order chi connectivity index (χ1) is 8.93. The fraction of sp³-hybridized carbons (Fsp3) is 0.643. The third-order valence-electron chi connectivity index (χ3n) is 3.86. The standard InChI is InChI=1S/C14H22N2O3/c1-9-5-12(10(2)19-9)14(18)16-6-11(8-17)13(7-16)15(3)4/h5,11,13,17H,6-8H2,1-4H3/t11-,13+/m0/s1. The molecule has 0 saturated carbocycles. The van der Waals surface area contributed by atoms with Gasteiger partial charge in [0.2, 0.25) is 0 Å². The van der Waals surface area contributed by atoms with E-state index in [-0.39, 0.29) is 24.5 Å². The van der Waals surface area contributed by atoms with E-state index in [2.05, 4.69) is 4.90 Å². The fourth-order valence-electron chi connectivity index (χ4n) is 2.80. The average molecular weight is 266 g/mol. The monoisotopic (exact) mass is 266 g/mol. The zero-order chi connectivity index (χ0) is 14.2. The molecule has 5 nitrogen and oxygen atoms in total. The van der Waals surface area contributed by atoms with Gasteiger partial charge in [0, 0.05) is 31.7 Å². The third kappa shape index (κ3) is 2.67. The Morgan fingerprint density at radius 1 is 1.47 bits per heavy atom. The van der Waals surface area contributed by atoms with Crippen molar-refractivity contribution in [3.8, 4) is 0 Å². The van der Waals surface area contributed by atoms with Gasteiger partial charge >= 0.3 is 0 Å². The van der Waals surface area contributed by atoms with Crippen molar-refractivity contribution in [1.29, 1.82) is 0 Å². The highest BCUT2D eigenvalue weighted by Crippen LogP contribution is 2.24. The van der Waals surface area contributed by atoms with Gasteiger partial charge in [0.25, 0.3) is 5.91 Å². The van der Waals surface area contributed by atoms with Gasteiger partial charge in [-0.2, -0.15) is 0 Å². The van der Waals surface area contributed by atoms with Crippen LogP contribution >= 0.6 is 0 Å². The first-order valence-electron chi connectivity index (χ1n) is 6.57. The van der Waals surface area contributed by atoms with Gasteiger partial charge in [-0.3, -0.25) is 4.79 Å². The summed E-state index contributed by atoms with van der Waals surface area (Å²) in [7, 11) is 3.96. The van der Waals surface area contributed by atoms with E-state index < -0.39 is 0 Å². The first kappa shape index (κ1) is 14.1. The van der Waals surface area contributed by atoms with Gasteiger partial charge < -0.3 is 19.3 Å². The largest absolute Gasteiger partial charge is 0.466 e. The number of aliphatic hydroxyl groups is 1. The lowest BCUT2D eigenvalue weighted by Gasteiger charge is -2.23. The van der Waals surface area contributed by atoms with Crippen molar-refractivity contribution in [2.45, 2.75) is 19.9 Å². The molecule has 1 aromatic rings. The van der Waals surface area contributed by atoms with Crippen molar-refractivity contribution in [3.05, 3.63) is 23.2 Å². The zero-order valence-corrected chi connectivity index (χ0v) is 12.0. The highest BCUT2D eigenvalue weighted by Gasteiger charge is 2.37. The highest BCUT2D eigenvalue weighted by atomic mass is 16.3. The molecule has 1 aromatic heterocycles. The minimum atomic E-state index is -0.00264. The number of amides is 1. The van der Waals surface area contributed by atoms with E-state index in [1.54, 1.807) is 6.07 Å². The second-order valence-electron chi connectivity index (χ2n) is 5.51. The normalized spacial score (nSPS) is 23.4. The predicted molar refractivity (Wildman–Crippen MR) is 72.1 cm³/mol. The van der Waals surface area contributed by atoms with Crippen LogP contribution < -0.4 is 0 Å². The van der Waals surface area contributed by atoms with E-state index in [1.807, 2.05) is 32.8 Å². The van der Waals surface area contributed by atoms with Crippen molar-refractivity contribution in [2.75, 3.05) is 33.8 Å². The Hall–Kier alpha value is -1.33. The summed E-state index contributed by atoms with van der Waals surface area (Å²) in [5.41, 5.74) is 0.633. The van der Waals surface area contributed by atoms with Crippen LogP contribution in [-0.4, -0.2) is 60.6 Å². The Bertz CT molecular complexity index is 467. The summed E-state index contributed by atoms with van der Waals surface area (Å²) in [5.74, 6) is 1.53. The molecule has 0 spiro atoms. The summed E-state index contributed by atoms with van der Waals surface area (Å²) in [4.78, 5) is 16.4. The minimum Gasteiger partial charge on any atom is -0.466 e.